The average molecular weight is 160 g/mol. The Morgan fingerprint density at radius 2 is 1.33 bits per heavy atom. The van der Waals surface area contributed by atoms with Crippen molar-refractivity contribution in [3.05, 3.63) is 21.4 Å². The minimum atomic E-state index is 0. The highest BCUT2D eigenvalue weighted by Crippen LogP contribution is 1.82. The predicted octanol–water partition coefficient (Wildman–Crippen LogP) is 2.44. The molecule has 50 valence electrons. The van der Waals surface area contributed by atoms with Crippen LogP contribution in [0, 0.1) is 9.28 Å². The first-order valence-corrected chi connectivity index (χ1v) is 2.89. The van der Waals surface area contributed by atoms with E-state index in [9.17, 15) is 0 Å². The molecule has 0 unspecified atom stereocenters. The topological polar surface area (TPSA) is 31.6 Å². The van der Waals surface area contributed by atoms with Crippen LogP contribution in [-0.4, -0.2) is 10.2 Å². The van der Waals surface area contributed by atoms with Crippen molar-refractivity contribution in [3.63, 3.8) is 0 Å². The fraction of sp³-hybridized carbons (Fsp3) is 0.200. The number of nitrogens with one attached hydrogen (secondary N) is 2. The molecular formula is C5H8N2S2. The van der Waals surface area contributed by atoms with Crippen molar-refractivity contribution in [1.82, 2.24) is 10.2 Å². The summed E-state index contributed by atoms with van der Waals surface area (Å²) in [5.74, 6) is 0. The Morgan fingerprint density at radius 3 is 1.56 bits per heavy atom. The lowest BCUT2D eigenvalue weighted by atomic mass is 10.6. The van der Waals surface area contributed by atoms with Gasteiger partial charge in [0, 0.05) is 0 Å². The van der Waals surface area contributed by atoms with Gasteiger partial charge in [-0.15, -0.1) is 0 Å². The third-order valence-corrected chi connectivity index (χ3v) is 1.17. The Morgan fingerprint density at radius 1 is 1.00 bits per heavy atom. The summed E-state index contributed by atoms with van der Waals surface area (Å²) in [6.45, 7) is 0. The molecule has 1 heterocycles. The van der Waals surface area contributed by atoms with Gasteiger partial charge in [-0.05, 0) is 12.1 Å². The zero-order chi connectivity index (χ0) is 5.98. The van der Waals surface area contributed by atoms with Crippen molar-refractivity contribution in [2.45, 2.75) is 7.43 Å². The molecule has 0 amide bonds. The van der Waals surface area contributed by atoms with E-state index < -0.39 is 0 Å². The van der Waals surface area contributed by atoms with Gasteiger partial charge >= 0.3 is 0 Å². The van der Waals surface area contributed by atoms with Gasteiger partial charge in [-0.2, -0.15) is 0 Å². The SMILES string of the molecule is C.S=c1ccc(=S)[nH][nH]1. The van der Waals surface area contributed by atoms with Gasteiger partial charge in [0.1, 0.15) is 9.28 Å². The molecule has 0 aromatic carbocycles. The first-order valence-electron chi connectivity index (χ1n) is 2.07. The van der Waals surface area contributed by atoms with Crippen molar-refractivity contribution in [3.8, 4) is 0 Å². The fourth-order valence-corrected chi connectivity index (χ4v) is 0.596. The van der Waals surface area contributed by atoms with Crippen LogP contribution in [0.1, 0.15) is 7.43 Å². The zero-order valence-electron chi connectivity index (χ0n) is 3.97. The Hall–Kier alpha value is -0.480. The van der Waals surface area contributed by atoms with Gasteiger partial charge in [0.25, 0.3) is 0 Å². The van der Waals surface area contributed by atoms with Crippen LogP contribution in [0.25, 0.3) is 0 Å². The third kappa shape index (κ3) is 2.53. The lowest BCUT2D eigenvalue weighted by molar-refractivity contribution is 1.00. The maximum atomic E-state index is 4.74. The molecule has 0 fully saturated rings. The lowest BCUT2D eigenvalue weighted by Crippen LogP contribution is -1.77. The van der Waals surface area contributed by atoms with E-state index in [1.807, 2.05) is 0 Å². The Bertz CT molecular complexity index is 220. The molecule has 1 rings (SSSR count). The number of hydrogen-bond donors (Lipinski definition) is 2. The van der Waals surface area contributed by atoms with Gasteiger partial charge in [-0.3, -0.25) is 10.2 Å². The molecule has 0 spiro atoms. The summed E-state index contributed by atoms with van der Waals surface area (Å²) in [6.07, 6.45) is 0. The van der Waals surface area contributed by atoms with Gasteiger partial charge in [0.05, 0.1) is 0 Å². The molecule has 0 radical (unpaired) electrons. The van der Waals surface area contributed by atoms with Crippen molar-refractivity contribution >= 4 is 24.4 Å². The maximum absolute atomic E-state index is 4.74. The first-order chi connectivity index (χ1) is 3.79. The van der Waals surface area contributed by atoms with Crippen LogP contribution in [0.15, 0.2) is 12.1 Å². The molecular weight excluding hydrogens is 152 g/mol. The number of rotatable bonds is 0. The highest BCUT2D eigenvalue weighted by atomic mass is 32.1. The maximum Gasteiger partial charge on any atom is 0.117 e. The Labute approximate surface area is 63.9 Å². The van der Waals surface area contributed by atoms with Crippen LogP contribution >= 0.6 is 24.4 Å². The summed E-state index contributed by atoms with van der Waals surface area (Å²) in [4.78, 5) is 0. The van der Waals surface area contributed by atoms with Crippen LogP contribution in [0.2, 0.25) is 0 Å². The van der Waals surface area contributed by atoms with Crippen LogP contribution in [0.5, 0.6) is 0 Å². The summed E-state index contributed by atoms with van der Waals surface area (Å²) < 4.78 is 1.33. The van der Waals surface area contributed by atoms with E-state index in [-0.39, 0.29) is 7.43 Å². The van der Waals surface area contributed by atoms with Crippen LogP contribution in [0.3, 0.4) is 0 Å². The quantitative estimate of drug-likeness (QED) is 0.571. The second kappa shape index (κ2) is 3.53. The van der Waals surface area contributed by atoms with E-state index in [1.54, 1.807) is 12.1 Å². The fourth-order valence-electron chi connectivity index (χ4n) is 0.358. The van der Waals surface area contributed by atoms with Crippen molar-refractivity contribution in [1.29, 1.82) is 0 Å². The van der Waals surface area contributed by atoms with Gasteiger partial charge in [-0.1, -0.05) is 31.9 Å². The second-order valence-corrected chi connectivity index (χ2v) is 2.19. The molecule has 1 aromatic rings. The van der Waals surface area contributed by atoms with E-state index in [1.165, 1.54) is 0 Å². The summed E-state index contributed by atoms with van der Waals surface area (Å²) >= 11 is 9.48. The van der Waals surface area contributed by atoms with Crippen LogP contribution in [-0.2, 0) is 0 Å². The molecule has 2 N–H and O–H groups in total. The van der Waals surface area contributed by atoms with Crippen LogP contribution < -0.4 is 0 Å². The van der Waals surface area contributed by atoms with Gasteiger partial charge in [0.15, 0.2) is 0 Å². The highest BCUT2D eigenvalue weighted by Gasteiger charge is 1.71. The monoisotopic (exact) mass is 160 g/mol. The average Bonchev–Trinajstić information content (AvgIpc) is 1.77. The largest absolute Gasteiger partial charge is 0.290 e. The standard InChI is InChI=1S/C4H4N2S2.CH4/c7-3-1-2-4(8)6-5-3;/h1-2H,(H,5,7)(H,6,8);1H4. The van der Waals surface area contributed by atoms with Gasteiger partial charge in [0.2, 0.25) is 0 Å². The van der Waals surface area contributed by atoms with Crippen molar-refractivity contribution in [2.24, 2.45) is 0 Å². The molecule has 2 nitrogen and oxygen atoms in total. The van der Waals surface area contributed by atoms with Gasteiger partial charge in [-0.25, -0.2) is 0 Å². The normalized spacial score (nSPS) is 8.00. The number of aromatic amines is 2. The summed E-state index contributed by atoms with van der Waals surface area (Å²) in [6, 6.07) is 3.49. The molecule has 1 aromatic heterocycles. The molecule has 0 aliphatic rings. The Balaban J connectivity index is 0.000000640. The number of H-pyrrole nitrogens is 2. The molecule has 9 heavy (non-hydrogen) atoms. The molecule has 0 bridgehead atoms. The molecule has 0 aliphatic heterocycles. The molecule has 0 saturated heterocycles. The number of hydrogen-bond acceptors (Lipinski definition) is 2. The molecule has 0 atom stereocenters. The summed E-state index contributed by atoms with van der Waals surface area (Å²) in [7, 11) is 0. The summed E-state index contributed by atoms with van der Waals surface area (Å²) in [5, 5.41) is 5.37. The molecule has 4 heteroatoms. The smallest absolute Gasteiger partial charge is 0.117 e. The van der Waals surface area contributed by atoms with Gasteiger partial charge < -0.3 is 0 Å². The third-order valence-electron chi connectivity index (χ3n) is 0.695. The van der Waals surface area contributed by atoms with E-state index >= 15 is 0 Å². The lowest BCUT2D eigenvalue weighted by Gasteiger charge is -1.81. The summed E-state index contributed by atoms with van der Waals surface area (Å²) in [5.41, 5.74) is 0. The highest BCUT2D eigenvalue weighted by molar-refractivity contribution is 7.71. The Kier molecular flexibility index (Phi) is 3.34. The minimum absolute atomic E-state index is 0. The first kappa shape index (κ1) is 8.52. The van der Waals surface area contributed by atoms with E-state index in [2.05, 4.69) is 10.2 Å². The van der Waals surface area contributed by atoms with Crippen LogP contribution in [0.4, 0.5) is 0 Å². The van der Waals surface area contributed by atoms with E-state index in [0.29, 0.717) is 9.28 Å². The van der Waals surface area contributed by atoms with E-state index in [4.69, 9.17) is 24.4 Å². The molecule has 0 aliphatic carbocycles. The second-order valence-electron chi connectivity index (χ2n) is 1.31. The van der Waals surface area contributed by atoms with E-state index in [0.717, 1.165) is 0 Å². The molecule has 0 saturated carbocycles. The number of aromatic nitrogens is 2. The minimum Gasteiger partial charge on any atom is -0.290 e. The van der Waals surface area contributed by atoms with Crippen molar-refractivity contribution in [2.75, 3.05) is 0 Å². The zero-order valence-corrected chi connectivity index (χ0v) is 5.60. The predicted molar refractivity (Wildman–Crippen MR) is 43.5 cm³/mol. The van der Waals surface area contributed by atoms with Crippen molar-refractivity contribution < 1.29 is 0 Å².